The molecule has 0 saturated carbocycles. The maximum atomic E-state index is 11.9. The zero-order valence-electron chi connectivity index (χ0n) is 14.1. The number of aromatic nitrogens is 3. The van der Waals surface area contributed by atoms with Gasteiger partial charge in [-0.3, -0.25) is 9.67 Å². The fourth-order valence-corrected chi connectivity index (χ4v) is 2.57. The van der Waals surface area contributed by atoms with Crippen LogP contribution >= 0.6 is 0 Å². The number of aryl methyl sites for hydroxylation is 1. The number of rotatable bonds is 6. The minimum Gasteiger partial charge on any atom is -0.338 e. The normalized spacial score (nSPS) is 10.4. The minimum absolute atomic E-state index is 0.194. The van der Waals surface area contributed by atoms with E-state index in [0.29, 0.717) is 13.1 Å². The SMILES string of the molecule is Cn1nc(CNC(=O)NCCc2ccccc2)cc1-c1ccccn1. The standard InChI is InChI=1S/C19H21N5O/c1-24-18(17-9-5-6-11-20-17)13-16(23-24)14-22-19(25)21-12-10-15-7-3-2-4-8-15/h2-9,11,13H,10,12,14H2,1H3,(H2,21,22,25). The molecule has 6 heteroatoms. The molecule has 0 atom stereocenters. The number of amides is 2. The third kappa shape index (κ3) is 4.67. The fourth-order valence-electron chi connectivity index (χ4n) is 2.57. The van der Waals surface area contributed by atoms with Crippen LogP contribution < -0.4 is 10.6 Å². The van der Waals surface area contributed by atoms with Gasteiger partial charge in [0.25, 0.3) is 0 Å². The topological polar surface area (TPSA) is 71.8 Å². The van der Waals surface area contributed by atoms with E-state index >= 15 is 0 Å². The van der Waals surface area contributed by atoms with Crippen molar-refractivity contribution >= 4 is 6.03 Å². The Kier molecular flexibility index (Phi) is 5.41. The van der Waals surface area contributed by atoms with Crippen molar-refractivity contribution in [1.29, 1.82) is 0 Å². The summed E-state index contributed by atoms with van der Waals surface area (Å²) in [6, 6.07) is 17.6. The Hall–Kier alpha value is -3.15. The highest BCUT2D eigenvalue weighted by molar-refractivity contribution is 5.73. The Labute approximate surface area is 146 Å². The largest absolute Gasteiger partial charge is 0.338 e. The second-order valence-electron chi connectivity index (χ2n) is 5.70. The number of hydrogen-bond acceptors (Lipinski definition) is 3. The third-order valence-electron chi connectivity index (χ3n) is 3.83. The summed E-state index contributed by atoms with van der Waals surface area (Å²) in [4.78, 5) is 16.2. The fraction of sp³-hybridized carbons (Fsp3) is 0.211. The Bertz CT molecular complexity index is 814. The molecule has 0 fully saturated rings. The van der Waals surface area contributed by atoms with Crippen molar-refractivity contribution in [2.45, 2.75) is 13.0 Å². The molecule has 6 nitrogen and oxygen atoms in total. The van der Waals surface area contributed by atoms with Crippen molar-refractivity contribution in [3.05, 3.63) is 72.1 Å². The van der Waals surface area contributed by atoms with E-state index in [1.54, 1.807) is 10.9 Å². The van der Waals surface area contributed by atoms with Gasteiger partial charge in [-0.1, -0.05) is 36.4 Å². The Morgan fingerprint density at radius 3 is 2.64 bits per heavy atom. The molecule has 128 valence electrons. The maximum absolute atomic E-state index is 11.9. The molecule has 0 aliphatic heterocycles. The van der Waals surface area contributed by atoms with E-state index in [1.165, 1.54) is 5.56 Å². The Balaban J connectivity index is 1.48. The van der Waals surface area contributed by atoms with Gasteiger partial charge >= 0.3 is 6.03 Å². The number of urea groups is 1. The van der Waals surface area contributed by atoms with Crippen LogP contribution in [0, 0.1) is 0 Å². The smallest absolute Gasteiger partial charge is 0.315 e. The van der Waals surface area contributed by atoms with Crippen LogP contribution in [0.2, 0.25) is 0 Å². The van der Waals surface area contributed by atoms with Gasteiger partial charge in [0.05, 0.1) is 23.6 Å². The lowest BCUT2D eigenvalue weighted by Crippen LogP contribution is -2.36. The number of carbonyl (C=O) groups is 1. The molecule has 0 aliphatic carbocycles. The first-order valence-corrected chi connectivity index (χ1v) is 8.22. The molecule has 25 heavy (non-hydrogen) atoms. The third-order valence-corrected chi connectivity index (χ3v) is 3.83. The van der Waals surface area contributed by atoms with Crippen molar-refractivity contribution in [3.63, 3.8) is 0 Å². The summed E-state index contributed by atoms with van der Waals surface area (Å²) >= 11 is 0. The number of hydrogen-bond donors (Lipinski definition) is 2. The highest BCUT2D eigenvalue weighted by Gasteiger charge is 2.09. The average Bonchev–Trinajstić information content (AvgIpc) is 3.02. The number of nitrogens with zero attached hydrogens (tertiary/aromatic N) is 3. The highest BCUT2D eigenvalue weighted by Crippen LogP contribution is 2.16. The molecule has 0 saturated heterocycles. The van der Waals surface area contributed by atoms with Gasteiger partial charge in [0.15, 0.2) is 0 Å². The lowest BCUT2D eigenvalue weighted by molar-refractivity contribution is 0.240. The molecule has 1 aromatic carbocycles. The van der Waals surface area contributed by atoms with Gasteiger partial charge in [-0.25, -0.2) is 4.79 Å². The van der Waals surface area contributed by atoms with Crippen molar-refractivity contribution < 1.29 is 4.79 Å². The zero-order valence-corrected chi connectivity index (χ0v) is 14.1. The zero-order chi connectivity index (χ0) is 17.5. The molecule has 3 aromatic rings. The summed E-state index contributed by atoms with van der Waals surface area (Å²) in [7, 11) is 1.87. The second-order valence-corrected chi connectivity index (χ2v) is 5.70. The van der Waals surface area contributed by atoms with Crippen LogP contribution in [0.15, 0.2) is 60.8 Å². The van der Waals surface area contributed by atoms with Gasteiger partial charge < -0.3 is 10.6 Å². The number of benzene rings is 1. The minimum atomic E-state index is -0.194. The van der Waals surface area contributed by atoms with Gasteiger partial charge in [-0.15, -0.1) is 0 Å². The van der Waals surface area contributed by atoms with Gasteiger partial charge in [-0.2, -0.15) is 5.10 Å². The molecule has 0 radical (unpaired) electrons. The lowest BCUT2D eigenvalue weighted by atomic mass is 10.1. The molecule has 2 aromatic heterocycles. The number of carbonyl (C=O) groups excluding carboxylic acids is 1. The van der Waals surface area contributed by atoms with Crippen molar-refractivity contribution in [3.8, 4) is 11.4 Å². The predicted molar refractivity (Wildman–Crippen MR) is 96.8 cm³/mol. The van der Waals surface area contributed by atoms with Gasteiger partial charge in [0.1, 0.15) is 0 Å². The van der Waals surface area contributed by atoms with Crippen molar-refractivity contribution in [2.75, 3.05) is 6.54 Å². The van der Waals surface area contributed by atoms with E-state index in [0.717, 1.165) is 23.5 Å². The van der Waals surface area contributed by atoms with Crippen LogP contribution in [0.25, 0.3) is 11.4 Å². The van der Waals surface area contributed by atoms with Crippen LogP contribution in [-0.4, -0.2) is 27.3 Å². The van der Waals surface area contributed by atoms with Crippen molar-refractivity contribution in [1.82, 2.24) is 25.4 Å². The average molecular weight is 335 g/mol. The molecule has 2 heterocycles. The van der Waals surface area contributed by atoms with Crippen LogP contribution in [0.5, 0.6) is 0 Å². The van der Waals surface area contributed by atoms with Gasteiger partial charge in [-0.05, 0) is 30.2 Å². The molecular weight excluding hydrogens is 314 g/mol. The molecule has 2 N–H and O–H groups in total. The van der Waals surface area contributed by atoms with E-state index in [4.69, 9.17) is 0 Å². The molecule has 0 bridgehead atoms. The summed E-state index contributed by atoms with van der Waals surface area (Å²) in [5.74, 6) is 0. The molecular formula is C19H21N5O. The Morgan fingerprint density at radius 2 is 1.88 bits per heavy atom. The number of pyridine rings is 1. The van der Waals surface area contributed by atoms with Gasteiger partial charge in [0.2, 0.25) is 0 Å². The van der Waals surface area contributed by atoms with E-state index < -0.39 is 0 Å². The van der Waals surface area contributed by atoms with Crippen molar-refractivity contribution in [2.24, 2.45) is 7.05 Å². The first-order valence-electron chi connectivity index (χ1n) is 8.22. The highest BCUT2D eigenvalue weighted by atomic mass is 16.2. The monoisotopic (exact) mass is 335 g/mol. The predicted octanol–water partition coefficient (Wildman–Crippen LogP) is 2.52. The van der Waals surface area contributed by atoms with E-state index in [9.17, 15) is 4.79 Å². The Morgan fingerprint density at radius 1 is 1.08 bits per heavy atom. The maximum Gasteiger partial charge on any atom is 0.315 e. The van der Waals surface area contributed by atoms with Crippen LogP contribution in [-0.2, 0) is 20.0 Å². The molecule has 0 aliphatic rings. The lowest BCUT2D eigenvalue weighted by Gasteiger charge is -2.06. The summed E-state index contributed by atoms with van der Waals surface area (Å²) in [5, 5.41) is 10.1. The first-order chi connectivity index (χ1) is 12.2. The molecule has 2 amide bonds. The van der Waals surface area contributed by atoms with Crippen LogP contribution in [0.1, 0.15) is 11.3 Å². The second kappa shape index (κ2) is 8.10. The summed E-state index contributed by atoms with van der Waals surface area (Å²) < 4.78 is 1.77. The van der Waals surface area contributed by atoms with E-state index in [-0.39, 0.29) is 6.03 Å². The van der Waals surface area contributed by atoms with Gasteiger partial charge in [0, 0.05) is 19.8 Å². The quantitative estimate of drug-likeness (QED) is 0.727. The summed E-state index contributed by atoms with van der Waals surface area (Å²) in [6.07, 6.45) is 2.56. The summed E-state index contributed by atoms with van der Waals surface area (Å²) in [5.41, 5.74) is 3.77. The molecule has 0 unspecified atom stereocenters. The first kappa shape index (κ1) is 16.7. The van der Waals surface area contributed by atoms with E-state index in [1.807, 2.05) is 61.6 Å². The summed E-state index contributed by atoms with van der Waals surface area (Å²) in [6.45, 7) is 0.967. The molecule has 0 spiro atoms. The van der Waals surface area contributed by atoms with Crippen LogP contribution in [0.4, 0.5) is 4.79 Å². The molecule has 3 rings (SSSR count). The van der Waals surface area contributed by atoms with Crippen LogP contribution in [0.3, 0.4) is 0 Å². The number of nitrogens with one attached hydrogen (secondary N) is 2. The van der Waals surface area contributed by atoms with E-state index in [2.05, 4.69) is 20.7 Å².